The lowest BCUT2D eigenvalue weighted by molar-refractivity contribution is -0.216. The van der Waals surface area contributed by atoms with Gasteiger partial charge >= 0.3 is 5.97 Å². The van der Waals surface area contributed by atoms with Crippen molar-refractivity contribution in [3.8, 4) is 0 Å². The second-order valence-corrected chi connectivity index (χ2v) is 19.2. The van der Waals surface area contributed by atoms with Gasteiger partial charge in [-0.1, -0.05) is 194 Å². The first-order valence-corrected chi connectivity index (χ1v) is 23.0. The second-order valence-electron chi connectivity index (χ2n) is 19.2. The van der Waals surface area contributed by atoms with Crippen molar-refractivity contribution in [2.45, 2.75) is 202 Å². The number of carbonyl (C=O) groups is 3. The number of ether oxygens (including phenoxy) is 1. The number of esters is 1. The molecule has 3 N–H and O–H groups in total. The van der Waals surface area contributed by atoms with E-state index in [1.54, 1.807) is 25.2 Å². The molecule has 0 heterocycles. The minimum atomic E-state index is -1.47. The molecule has 61 heavy (non-hydrogen) atoms. The molecule has 4 atom stereocenters. The van der Waals surface area contributed by atoms with Gasteiger partial charge in [-0.15, -0.1) is 0 Å². The van der Waals surface area contributed by atoms with Crippen LogP contribution in [0.4, 0.5) is 0 Å². The van der Waals surface area contributed by atoms with Crippen LogP contribution in [0.2, 0.25) is 0 Å². The number of hydrogen-bond acceptors (Lipinski definition) is 7. The van der Waals surface area contributed by atoms with E-state index in [-0.39, 0.29) is 36.8 Å². The fourth-order valence-electron chi connectivity index (χ4n) is 7.91. The number of allylic oxidation sites excluding steroid dienone is 17. The maximum Gasteiger partial charge on any atom is 0.306 e. The van der Waals surface area contributed by atoms with E-state index in [0.717, 1.165) is 41.6 Å². The normalized spacial score (nSPS) is 22.7. The average Bonchev–Trinajstić information content (AvgIpc) is 3.15. The predicted molar refractivity (Wildman–Crippen MR) is 255 cm³/mol. The zero-order valence-corrected chi connectivity index (χ0v) is 40.0. The van der Waals surface area contributed by atoms with E-state index in [4.69, 9.17) is 4.74 Å². The summed E-state index contributed by atoms with van der Waals surface area (Å²) >= 11 is 0. The van der Waals surface area contributed by atoms with Crippen LogP contribution in [-0.4, -0.2) is 56.3 Å². The molecular weight excluding hydrogens is 761 g/mol. The molecule has 0 aliphatic heterocycles. The second kappa shape index (κ2) is 28.1. The van der Waals surface area contributed by atoms with Crippen LogP contribution in [0.3, 0.4) is 0 Å². The van der Waals surface area contributed by atoms with Crippen molar-refractivity contribution >= 4 is 17.5 Å². The van der Waals surface area contributed by atoms with Crippen molar-refractivity contribution in [2.24, 2.45) is 10.8 Å². The summed E-state index contributed by atoms with van der Waals surface area (Å²) in [6.07, 6.45) is 39.8. The van der Waals surface area contributed by atoms with Gasteiger partial charge in [-0.05, 0) is 73.0 Å². The number of ketones is 2. The molecule has 1 aliphatic carbocycles. The van der Waals surface area contributed by atoms with E-state index in [1.165, 1.54) is 58.3 Å². The number of carbonyl (C=O) groups excluding carboxylic acids is 3. The molecule has 1 rings (SSSR count). The van der Waals surface area contributed by atoms with Crippen LogP contribution in [0.15, 0.2) is 107 Å². The highest BCUT2D eigenvalue weighted by atomic mass is 16.5. The fourth-order valence-corrected chi connectivity index (χ4v) is 7.91. The minimum Gasteiger partial charge on any atom is -0.462 e. The van der Waals surface area contributed by atoms with Gasteiger partial charge in [-0.25, -0.2) is 0 Å². The summed E-state index contributed by atoms with van der Waals surface area (Å²) in [7, 11) is 0. The van der Waals surface area contributed by atoms with E-state index in [1.807, 2.05) is 122 Å². The maximum absolute atomic E-state index is 13.3. The van der Waals surface area contributed by atoms with Crippen molar-refractivity contribution < 1.29 is 34.4 Å². The molecule has 7 nitrogen and oxygen atoms in total. The summed E-state index contributed by atoms with van der Waals surface area (Å²) in [4.78, 5) is 38.0. The van der Waals surface area contributed by atoms with Crippen LogP contribution in [0.5, 0.6) is 0 Å². The molecule has 342 valence electrons. The lowest BCUT2D eigenvalue weighted by Crippen LogP contribution is -2.65. The highest BCUT2D eigenvalue weighted by Crippen LogP contribution is 2.50. The topological polar surface area (TPSA) is 121 Å². The molecule has 0 amide bonds. The van der Waals surface area contributed by atoms with Crippen molar-refractivity contribution in [3.05, 3.63) is 107 Å². The van der Waals surface area contributed by atoms with Crippen LogP contribution in [0.25, 0.3) is 0 Å². The Kier molecular flexibility index (Phi) is 25.5. The van der Waals surface area contributed by atoms with Crippen LogP contribution >= 0.6 is 0 Å². The first-order chi connectivity index (χ1) is 28.5. The van der Waals surface area contributed by atoms with Crippen LogP contribution in [0, 0.1) is 10.8 Å². The monoisotopic (exact) mass is 845 g/mol. The summed E-state index contributed by atoms with van der Waals surface area (Å²) in [5, 5.41) is 32.6. The van der Waals surface area contributed by atoms with Gasteiger partial charge < -0.3 is 20.1 Å². The Labute approximate surface area is 371 Å². The Morgan fingerprint density at radius 2 is 1.11 bits per heavy atom. The van der Waals surface area contributed by atoms with Crippen molar-refractivity contribution in [1.29, 1.82) is 0 Å². The van der Waals surface area contributed by atoms with E-state index < -0.39 is 34.2 Å². The molecule has 0 radical (unpaired) electrons. The Bertz CT molecular complexity index is 1630. The highest BCUT2D eigenvalue weighted by molar-refractivity contribution is 5.94. The predicted octanol–water partition coefficient (Wildman–Crippen LogP) is 12.8. The standard InChI is InChI=1S/C54H84O7/c1-12-13-14-15-16-17-18-19-20-21-22-33-50(58)61-48(38-46(6)55)41-51(7,8)49(57)35-34-44(4)31-25-29-42(2)27-23-24-28-43(3)30-26-32-45(5)36-37-54(60)52(9,10)39-47(56)40-53(54,11)59/h23-32,34-37,47-48,56,59-60H,12-22,33,38-41H2,1-11H3. The number of aliphatic hydroxyl groups excluding tert-OH is 1. The number of aliphatic hydroxyl groups is 3. The molecule has 1 fully saturated rings. The van der Waals surface area contributed by atoms with Gasteiger partial charge in [0, 0.05) is 30.1 Å². The number of unbranched alkanes of at least 4 members (excludes halogenated alkanes) is 10. The third-order valence-electron chi connectivity index (χ3n) is 11.8. The smallest absolute Gasteiger partial charge is 0.306 e. The lowest BCUT2D eigenvalue weighted by atomic mass is 9.57. The molecule has 4 unspecified atom stereocenters. The molecule has 0 saturated heterocycles. The molecule has 7 heteroatoms. The minimum absolute atomic E-state index is 0.0671. The molecule has 0 aromatic heterocycles. The van der Waals surface area contributed by atoms with E-state index in [2.05, 4.69) is 6.92 Å². The zero-order valence-electron chi connectivity index (χ0n) is 40.0. The Balaban J connectivity index is 2.64. The third kappa shape index (κ3) is 22.3. The summed E-state index contributed by atoms with van der Waals surface area (Å²) in [5.74, 6) is -0.447. The quantitative estimate of drug-likeness (QED) is 0.0310. The van der Waals surface area contributed by atoms with E-state index in [9.17, 15) is 29.7 Å². The zero-order chi connectivity index (χ0) is 46.1. The van der Waals surface area contributed by atoms with Crippen molar-refractivity contribution in [2.75, 3.05) is 0 Å². The molecule has 1 saturated carbocycles. The average molecular weight is 845 g/mol. The van der Waals surface area contributed by atoms with Gasteiger partial charge in [0.2, 0.25) is 0 Å². The fraction of sp³-hybridized carbons (Fsp3) is 0.611. The van der Waals surface area contributed by atoms with Gasteiger partial charge in [0.1, 0.15) is 17.5 Å². The SMILES string of the molecule is CCCCCCCCCCCCCC(=O)OC(CC(C)=O)CC(C)(C)C(=O)C=CC(C)=CC=CC(C)=CC=CC=C(C)C=CC=C(C)C=CC1(O)C(C)(C)CC(O)CC1(C)O. The van der Waals surface area contributed by atoms with Crippen molar-refractivity contribution in [1.82, 2.24) is 0 Å². The van der Waals surface area contributed by atoms with Gasteiger partial charge in [-0.3, -0.25) is 14.4 Å². The molecule has 0 aromatic rings. The van der Waals surface area contributed by atoms with E-state index >= 15 is 0 Å². The summed E-state index contributed by atoms with van der Waals surface area (Å²) in [6, 6.07) is 0. The number of hydrogen-bond donors (Lipinski definition) is 3. The maximum atomic E-state index is 13.3. The number of Topliss-reactive ketones (excluding diaryl/α,β-unsaturated/α-hetero) is 1. The summed E-state index contributed by atoms with van der Waals surface area (Å²) in [6.45, 7) is 20.6. The molecule has 0 aromatic carbocycles. The van der Waals surface area contributed by atoms with Gasteiger partial charge in [0.05, 0.1) is 11.7 Å². The molecule has 1 aliphatic rings. The van der Waals surface area contributed by atoms with Gasteiger partial charge in [0.15, 0.2) is 5.78 Å². The Morgan fingerprint density at radius 1 is 0.656 bits per heavy atom. The van der Waals surface area contributed by atoms with Crippen LogP contribution < -0.4 is 0 Å². The lowest BCUT2D eigenvalue weighted by Gasteiger charge is -2.54. The third-order valence-corrected chi connectivity index (χ3v) is 11.8. The highest BCUT2D eigenvalue weighted by Gasteiger charge is 2.58. The van der Waals surface area contributed by atoms with Crippen molar-refractivity contribution in [3.63, 3.8) is 0 Å². The van der Waals surface area contributed by atoms with Crippen LogP contribution in [0.1, 0.15) is 179 Å². The molecular formula is C54H84O7. The first kappa shape index (κ1) is 55.4. The van der Waals surface area contributed by atoms with Crippen LogP contribution in [-0.2, 0) is 19.1 Å². The van der Waals surface area contributed by atoms with E-state index in [0.29, 0.717) is 12.8 Å². The summed E-state index contributed by atoms with van der Waals surface area (Å²) in [5.41, 5.74) is -0.477. The molecule has 0 spiro atoms. The Morgan fingerprint density at radius 3 is 1.61 bits per heavy atom. The van der Waals surface area contributed by atoms with Gasteiger partial charge in [-0.2, -0.15) is 0 Å². The molecule has 0 bridgehead atoms. The van der Waals surface area contributed by atoms with Gasteiger partial charge in [0.25, 0.3) is 0 Å². The Hall–Kier alpha value is -3.65. The largest absolute Gasteiger partial charge is 0.462 e. The summed E-state index contributed by atoms with van der Waals surface area (Å²) < 4.78 is 5.75. The first-order valence-electron chi connectivity index (χ1n) is 23.0. The number of rotatable bonds is 28.